The average Bonchev–Trinajstić information content (AvgIpc) is 2.96. The number of hydrogen-bond donors (Lipinski definition) is 4. The van der Waals surface area contributed by atoms with Crippen LogP contribution in [0.3, 0.4) is 0 Å². The van der Waals surface area contributed by atoms with Crippen molar-refractivity contribution in [2.24, 2.45) is 0 Å². The summed E-state index contributed by atoms with van der Waals surface area (Å²) in [7, 11) is 0. The molecule has 1 fully saturated rings. The number of amides is 1. The molecule has 1 aliphatic heterocycles. The lowest BCUT2D eigenvalue weighted by atomic mass is 9.93. The van der Waals surface area contributed by atoms with Crippen molar-refractivity contribution >= 4 is 23.7 Å². The van der Waals surface area contributed by atoms with Gasteiger partial charge in [0.05, 0.1) is 12.5 Å². The average molecular weight is 551 g/mol. The van der Waals surface area contributed by atoms with E-state index >= 15 is 0 Å². The molecule has 212 valence electrons. The number of carboxylic acids is 1. The van der Waals surface area contributed by atoms with E-state index in [4.69, 9.17) is 9.47 Å². The zero-order chi connectivity index (χ0) is 28.2. The van der Waals surface area contributed by atoms with Crippen LogP contribution in [0.5, 0.6) is 0 Å². The van der Waals surface area contributed by atoms with Crippen LogP contribution in [-0.4, -0.2) is 64.0 Å². The Kier molecular flexibility index (Phi) is 10.4. The number of aromatic nitrogens is 3. The fourth-order valence-electron chi connectivity index (χ4n) is 4.47. The zero-order valence-corrected chi connectivity index (χ0v) is 22.1. The monoisotopic (exact) mass is 550 g/mol. The Labute approximate surface area is 231 Å². The van der Waals surface area contributed by atoms with Crippen LogP contribution in [0.1, 0.15) is 36.3 Å². The van der Waals surface area contributed by atoms with Crippen LogP contribution >= 0.6 is 0 Å². The van der Waals surface area contributed by atoms with Crippen molar-refractivity contribution < 1.29 is 24.2 Å². The van der Waals surface area contributed by atoms with Gasteiger partial charge in [-0.15, -0.1) is 0 Å². The number of carboxylic acid groups (broad SMARTS) is 1. The number of anilines is 2. The number of aliphatic carboxylic acids is 1. The third-order valence-electron chi connectivity index (χ3n) is 6.44. The minimum atomic E-state index is -1.11. The highest BCUT2D eigenvalue weighted by Gasteiger charge is 2.24. The van der Waals surface area contributed by atoms with Crippen LogP contribution in [0, 0.1) is 0 Å². The minimum Gasteiger partial charge on any atom is -0.481 e. The Morgan fingerprint density at radius 3 is 2.55 bits per heavy atom. The van der Waals surface area contributed by atoms with Gasteiger partial charge in [0.15, 0.2) is 0 Å². The number of pyridine rings is 1. The summed E-state index contributed by atoms with van der Waals surface area (Å²) in [5.41, 5.74) is 1.10. The maximum Gasteiger partial charge on any atom is 0.407 e. The van der Waals surface area contributed by atoms with Crippen LogP contribution in [-0.2, 0) is 27.4 Å². The summed E-state index contributed by atoms with van der Waals surface area (Å²) in [4.78, 5) is 45.5. The third kappa shape index (κ3) is 8.80. The Balaban J connectivity index is 1.45. The molecule has 3 aromatic rings. The molecule has 1 amide bonds. The van der Waals surface area contributed by atoms with Crippen molar-refractivity contribution in [3.05, 3.63) is 82.5 Å². The standard InChI is InChI=1S/C28H34N6O6/c35-25(36)16-22(32-28(38)40-19-20-6-2-1-3-7-20)17-34-18-23(21-9-14-39-15-10-21)26(33-27(34)37)31-13-12-30-24-8-4-5-11-29-24/h1-8,11,18,21-22H,9-10,12-17,19H2,(H,29,30)(H,32,38)(H,35,36)(H,31,33,37). The van der Waals surface area contributed by atoms with Gasteiger partial charge in [0.2, 0.25) is 0 Å². The molecule has 12 heteroatoms. The van der Waals surface area contributed by atoms with Gasteiger partial charge in [-0.1, -0.05) is 36.4 Å². The van der Waals surface area contributed by atoms with Crippen molar-refractivity contribution in [2.45, 2.75) is 44.4 Å². The maximum absolute atomic E-state index is 13.0. The minimum absolute atomic E-state index is 0.0391. The molecule has 1 unspecified atom stereocenters. The number of alkyl carbamates (subject to hydrolysis) is 1. The van der Waals surface area contributed by atoms with E-state index in [0.717, 1.165) is 29.8 Å². The van der Waals surface area contributed by atoms with Crippen LogP contribution < -0.4 is 21.6 Å². The highest BCUT2D eigenvalue weighted by molar-refractivity contribution is 5.71. The molecule has 2 aromatic heterocycles. The summed E-state index contributed by atoms with van der Waals surface area (Å²) in [6.45, 7) is 2.22. The molecule has 1 saturated heterocycles. The van der Waals surface area contributed by atoms with Gasteiger partial charge in [0.25, 0.3) is 0 Å². The number of hydrogen-bond acceptors (Lipinski definition) is 9. The molecule has 3 heterocycles. The smallest absolute Gasteiger partial charge is 0.407 e. The highest BCUT2D eigenvalue weighted by Crippen LogP contribution is 2.30. The molecule has 0 aliphatic carbocycles. The first-order valence-corrected chi connectivity index (χ1v) is 13.2. The number of rotatable bonds is 13. The van der Waals surface area contributed by atoms with Gasteiger partial charge in [0, 0.05) is 50.8 Å². The number of benzene rings is 1. The lowest BCUT2D eigenvalue weighted by Gasteiger charge is -2.26. The quantitative estimate of drug-likeness (QED) is 0.233. The molecular formula is C28H34N6O6. The predicted molar refractivity (Wildman–Crippen MR) is 148 cm³/mol. The highest BCUT2D eigenvalue weighted by atomic mass is 16.5. The van der Waals surface area contributed by atoms with E-state index < -0.39 is 30.2 Å². The predicted octanol–water partition coefficient (Wildman–Crippen LogP) is 2.83. The number of ether oxygens (including phenoxy) is 2. The van der Waals surface area contributed by atoms with Crippen molar-refractivity contribution in [3.8, 4) is 0 Å². The fraction of sp³-hybridized carbons (Fsp3) is 0.393. The van der Waals surface area contributed by atoms with E-state index in [1.807, 2.05) is 48.5 Å². The first-order valence-electron chi connectivity index (χ1n) is 13.2. The second-order valence-electron chi connectivity index (χ2n) is 9.44. The second-order valence-corrected chi connectivity index (χ2v) is 9.44. The molecule has 1 aliphatic rings. The molecule has 4 N–H and O–H groups in total. The van der Waals surface area contributed by atoms with E-state index in [0.29, 0.717) is 32.1 Å². The molecule has 40 heavy (non-hydrogen) atoms. The summed E-state index contributed by atoms with van der Waals surface area (Å²) in [5, 5.41) is 18.5. The number of nitrogens with one attached hydrogen (secondary N) is 3. The normalized spacial score (nSPS) is 14.2. The number of nitrogens with zero attached hydrogens (tertiary/aromatic N) is 3. The van der Waals surface area contributed by atoms with E-state index in [1.54, 1.807) is 12.4 Å². The molecule has 0 radical (unpaired) electrons. The van der Waals surface area contributed by atoms with Gasteiger partial charge in [0.1, 0.15) is 18.2 Å². The Morgan fingerprint density at radius 1 is 1.07 bits per heavy atom. The van der Waals surface area contributed by atoms with Gasteiger partial charge in [-0.25, -0.2) is 14.6 Å². The van der Waals surface area contributed by atoms with Gasteiger partial charge >= 0.3 is 17.8 Å². The first-order chi connectivity index (χ1) is 19.5. The summed E-state index contributed by atoms with van der Waals surface area (Å²) < 4.78 is 12.1. The van der Waals surface area contributed by atoms with Crippen molar-refractivity contribution in [3.63, 3.8) is 0 Å². The van der Waals surface area contributed by atoms with E-state index in [1.165, 1.54) is 4.57 Å². The first kappa shape index (κ1) is 28.6. The molecule has 0 saturated carbocycles. The number of carbonyl (C=O) groups excluding carboxylic acids is 1. The van der Waals surface area contributed by atoms with Crippen molar-refractivity contribution in [2.75, 3.05) is 36.9 Å². The van der Waals surface area contributed by atoms with Crippen LogP contribution in [0.25, 0.3) is 0 Å². The fourth-order valence-corrected chi connectivity index (χ4v) is 4.47. The van der Waals surface area contributed by atoms with Gasteiger partial charge < -0.3 is 30.5 Å². The van der Waals surface area contributed by atoms with Crippen LogP contribution in [0.4, 0.5) is 16.4 Å². The lowest BCUT2D eigenvalue weighted by molar-refractivity contribution is -0.137. The van der Waals surface area contributed by atoms with Crippen molar-refractivity contribution in [1.82, 2.24) is 19.9 Å². The van der Waals surface area contributed by atoms with E-state index in [2.05, 4.69) is 25.9 Å². The summed E-state index contributed by atoms with van der Waals surface area (Å²) in [6, 6.07) is 13.9. The summed E-state index contributed by atoms with van der Waals surface area (Å²) in [5.74, 6) is 0.233. The lowest BCUT2D eigenvalue weighted by Crippen LogP contribution is -2.42. The number of carbonyl (C=O) groups is 2. The van der Waals surface area contributed by atoms with E-state index in [-0.39, 0.29) is 19.1 Å². The topological polar surface area (TPSA) is 157 Å². The van der Waals surface area contributed by atoms with Crippen LogP contribution in [0.15, 0.2) is 65.7 Å². The molecule has 0 bridgehead atoms. The van der Waals surface area contributed by atoms with Gasteiger partial charge in [-0.05, 0) is 36.5 Å². The molecule has 12 nitrogen and oxygen atoms in total. The summed E-state index contributed by atoms with van der Waals surface area (Å²) >= 11 is 0. The third-order valence-corrected chi connectivity index (χ3v) is 6.44. The second kappa shape index (κ2) is 14.6. The molecule has 0 spiro atoms. The summed E-state index contributed by atoms with van der Waals surface area (Å²) in [6.07, 6.45) is 3.80. The van der Waals surface area contributed by atoms with Crippen molar-refractivity contribution in [1.29, 1.82) is 0 Å². The SMILES string of the molecule is O=C(O)CC(Cn1cc(C2CCOCC2)c(NCCNc2ccccn2)nc1=O)NC(=O)OCc1ccccc1. The van der Waals surface area contributed by atoms with Gasteiger partial charge in [-0.2, -0.15) is 4.98 Å². The Bertz CT molecular complexity index is 1300. The maximum atomic E-state index is 13.0. The van der Waals surface area contributed by atoms with E-state index in [9.17, 15) is 19.5 Å². The van der Waals surface area contributed by atoms with Crippen LogP contribution in [0.2, 0.25) is 0 Å². The largest absolute Gasteiger partial charge is 0.481 e. The molecule has 1 atom stereocenters. The Hall–Kier alpha value is -4.45. The molecule has 4 rings (SSSR count). The van der Waals surface area contributed by atoms with Gasteiger partial charge in [-0.3, -0.25) is 9.36 Å². The molecular weight excluding hydrogens is 516 g/mol. The Morgan fingerprint density at radius 2 is 1.82 bits per heavy atom. The zero-order valence-electron chi connectivity index (χ0n) is 22.1. The molecule has 1 aromatic carbocycles.